The van der Waals surface area contributed by atoms with Crippen LogP contribution in [0.15, 0.2) is 36.5 Å². The second-order valence-corrected chi connectivity index (χ2v) is 6.44. The molecule has 0 aliphatic carbocycles. The van der Waals surface area contributed by atoms with E-state index in [1.165, 1.54) is 4.90 Å². The molecule has 2 aromatic rings. The van der Waals surface area contributed by atoms with E-state index in [1.807, 2.05) is 6.92 Å². The van der Waals surface area contributed by atoms with Gasteiger partial charge in [-0.3, -0.25) is 0 Å². The number of ether oxygens (including phenoxy) is 2. The summed E-state index contributed by atoms with van der Waals surface area (Å²) in [5.41, 5.74) is 0.639. The lowest BCUT2D eigenvalue weighted by Crippen LogP contribution is -2.38. The molecule has 0 aliphatic rings. The minimum absolute atomic E-state index is 0.0111. The van der Waals surface area contributed by atoms with Crippen LogP contribution in [0.25, 0.3) is 0 Å². The number of unbranched alkanes of at least 4 members (excludes halogenated alkanes) is 1. The molecule has 1 atom stereocenters. The number of nitrogens with zero attached hydrogens (tertiary/aromatic N) is 3. The van der Waals surface area contributed by atoms with Crippen LogP contribution in [0.2, 0.25) is 0 Å². The molecular formula is C20H29N5O4. The number of carbonyl (C=O) groups is 1. The van der Waals surface area contributed by atoms with E-state index in [0.717, 1.165) is 0 Å². The quantitative estimate of drug-likeness (QED) is 0.495. The molecule has 1 heterocycles. The van der Waals surface area contributed by atoms with Gasteiger partial charge in [-0.15, -0.1) is 0 Å². The van der Waals surface area contributed by atoms with Crippen molar-refractivity contribution in [3.8, 4) is 5.75 Å². The van der Waals surface area contributed by atoms with Gasteiger partial charge in [0.25, 0.3) is 0 Å². The molecule has 1 aromatic heterocycles. The number of nitrogens with one attached hydrogen (secondary N) is 2. The third-order valence-electron chi connectivity index (χ3n) is 4.06. The Bertz CT molecular complexity index is 757. The van der Waals surface area contributed by atoms with E-state index in [4.69, 9.17) is 14.6 Å². The Morgan fingerprint density at radius 1 is 1.21 bits per heavy atom. The van der Waals surface area contributed by atoms with Gasteiger partial charge in [0, 0.05) is 38.6 Å². The third-order valence-corrected chi connectivity index (χ3v) is 4.06. The van der Waals surface area contributed by atoms with Crippen LogP contribution in [0.4, 0.5) is 22.2 Å². The predicted molar refractivity (Wildman–Crippen MR) is 112 cm³/mol. The van der Waals surface area contributed by atoms with Gasteiger partial charge in [0.05, 0.1) is 19.4 Å². The van der Waals surface area contributed by atoms with E-state index in [0.29, 0.717) is 49.2 Å². The molecule has 0 saturated carbocycles. The standard InChI is InChI=1S/C20H29N5O4/c1-15(14-28-2)23-19-21-12-10-18(24-19)25(20(27)22-11-4-5-13-26)16-6-8-17(29-3)9-7-16/h6-10,12,15,26H,4-5,11,13-14H2,1-3H3,(H,22,27)(H,21,23,24)/t15-/m0/s1. The minimum atomic E-state index is -0.317. The number of carbonyl (C=O) groups excluding carboxylic acids is 1. The van der Waals surface area contributed by atoms with Crippen LogP contribution in [-0.2, 0) is 4.74 Å². The van der Waals surface area contributed by atoms with Gasteiger partial charge in [0.1, 0.15) is 11.6 Å². The van der Waals surface area contributed by atoms with E-state index < -0.39 is 0 Å². The van der Waals surface area contributed by atoms with Crippen molar-refractivity contribution >= 4 is 23.5 Å². The highest BCUT2D eigenvalue weighted by Crippen LogP contribution is 2.26. The van der Waals surface area contributed by atoms with Crippen molar-refractivity contribution in [1.82, 2.24) is 15.3 Å². The Morgan fingerprint density at radius 2 is 1.97 bits per heavy atom. The van der Waals surface area contributed by atoms with Gasteiger partial charge in [-0.2, -0.15) is 4.98 Å². The molecule has 0 bridgehead atoms. The number of aliphatic hydroxyl groups is 1. The smallest absolute Gasteiger partial charge is 0.327 e. The molecule has 3 N–H and O–H groups in total. The zero-order valence-electron chi connectivity index (χ0n) is 17.1. The number of methoxy groups -OCH3 is 2. The first kappa shape index (κ1) is 22.4. The number of urea groups is 1. The summed E-state index contributed by atoms with van der Waals surface area (Å²) in [5.74, 6) is 1.52. The Labute approximate surface area is 171 Å². The highest BCUT2D eigenvalue weighted by atomic mass is 16.5. The number of anilines is 3. The van der Waals surface area contributed by atoms with Crippen molar-refractivity contribution in [2.75, 3.05) is 44.2 Å². The van der Waals surface area contributed by atoms with Gasteiger partial charge < -0.3 is 25.2 Å². The summed E-state index contributed by atoms with van der Waals surface area (Å²) in [5, 5.41) is 14.9. The number of amides is 2. The molecule has 9 nitrogen and oxygen atoms in total. The first-order chi connectivity index (χ1) is 14.1. The molecule has 0 aliphatic heterocycles. The zero-order chi connectivity index (χ0) is 21.1. The number of hydrogen-bond acceptors (Lipinski definition) is 7. The number of rotatable bonds is 11. The number of aliphatic hydroxyl groups excluding tert-OH is 1. The average molecular weight is 403 g/mol. The molecule has 2 amide bonds. The summed E-state index contributed by atoms with van der Waals surface area (Å²) in [6.45, 7) is 3.00. The molecule has 0 saturated heterocycles. The molecule has 0 unspecified atom stereocenters. The number of aromatic nitrogens is 2. The lowest BCUT2D eigenvalue weighted by molar-refractivity contribution is 0.190. The first-order valence-corrected chi connectivity index (χ1v) is 9.50. The SMILES string of the molecule is COC[C@H](C)Nc1nccc(N(C(=O)NCCCCO)c2ccc(OC)cc2)n1. The van der Waals surface area contributed by atoms with Crippen molar-refractivity contribution in [1.29, 1.82) is 0 Å². The molecule has 0 spiro atoms. The fourth-order valence-electron chi connectivity index (χ4n) is 2.65. The normalized spacial score (nSPS) is 11.6. The summed E-state index contributed by atoms with van der Waals surface area (Å²) >= 11 is 0. The van der Waals surface area contributed by atoms with Gasteiger partial charge in [0.2, 0.25) is 5.95 Å². The second-order valence-electron chi connectivity index (χ2n) is 6.44. The van der Waals surface area contributed by atoms with E-state index in [-0.39, 0.29) is 18.7 Å². The van der Waals surface area contributed by atoms with Crippen molar-refractivity contribution in [3.63, 3.8) is 0 Å². The van der Waals surface area contributed by atoms with Crippen LogP contribution in [0.3, 0.4) is 0 Å². The predicted octanol–water partition coefficient (Wildman–Crippen LogP) is 2.55. The largest absolute Gasteiger partial charge is 0.497 e. The summed E-state index contributed by atoms with van der Waals surface area (Å²) in [6.07, 6.45) is 2.91. The monoisotopic (exact) mass is 403 g/mol. The minimum Gasteiger partial charge on any atom is -0.497 e. The van der Waals surface area contributed by atoms with Gasteiger partial charge in [-0.05, 0) is 44.0 Å². The van der Waals surface area contributed by atoms with Crippen LogP contribution in [-0.4, -0.2) is 61.1 Å². The first-order valence-electron chi connectivity index (χ1n) is 9.50. The fraction of sp³-hybridized carbons (Fsp3) is 0.450. The van der Waals surface area contributed by atoms with E-state index in [9.17, 15) is 4.79 Å². The molecule has 0 radical (unpaired) electrons. The van der Waals surface area contributed by atoms with Gasteiger partial charge in [-0.1, -0.05) is 0 Å². The molecule has 0 fully saturated rings. The Kier molecular flexibility index (Phi) is 9.13. The van der Waals surface area contributed by atoms with Crippen LogP contribution >= 0.6 is 0 Å². The van der Waals surface area contributed by atoms with Crippen LogP contribution in [0.5, 0.6) is 5.75 Å². The fourth-order valence-corrected chi connectivity index (χ4v) is 2.65. The maximum Gasteiger partial charge on any atom is 0.327 e. The zero-order valence-corrected chi connectivity index (χ0v) is 17.1. The number of hydrogen-bond donors (Lipinski definition) is 3. The molecular weight excluding hydrogens is 374 g/mol. The van der Waals surface area contributed by atoms with Crippen molar-refractivity contribution in [3.05, 3.63) is 36.5 Å². The second kappa shape index (κ2) is 11.8. The van der Waals surface area contributed by atoms with Gasteiger partial charge in [-0.25, -0.2) is 14.7 Å². The molecule has 2 rings (SSSR count). The van der Waals surface area contributed by atoms with E-state index in [2.05, 4.69) is 20.6 Å². The average Bonchev–Trinajstić information content (AvgIpc) is 2.72. The number of benzene rings is 1. The van der Waals surface area contributed by atoms with Gasteiger partial charge >= 0.3 is 6.03 Å². The van der Waals surface area contributed by atoms with Crippen molar-refractivity contribution in [2.45, 2.75) is 25.8 Å². The van der Waals surface area contributed by atoms with Crippen molar-refractivity contribution in [2.24, 2.45) is 0 Å². The lowest BCUT2D eigenvalue weighted by atomic mass is 10.2. The van der Waals surface area contributed by atoms with Gasteiger partial charge in [0.15, 0.2) is 0 Å². The highest BCUT2D eigenvalue weighted by molar-refractivity contribution is 5.98. The Morgan fingerprint density at radius 3 is 2.62 bits per heavy atom. The summed E-state index contributed by atoms with van der Waals surface area (Å²) in [6, 6.07) is 8.50. The maximum absolute atomic E-state index is 12.9. The highest BCUT2D eigenvalue weighted by Gasteiger charge is 2.20. The van der Waals surface area contributed by atoms with E-state index in [1.54, 1.807) is 50.7 Å². The van der Waals surface area contributed by atoms with Crippen LogP contribution in [0, 0.1) is 0 Å². The summed E-state index contributed by atoms with van der Waals surface area (Å²) < 4.78 is 10.3. The molecule has 9 heteroatoms. The molecule has 158 valence electrons. The maximum atomic E-state index is 12.9. The Balaban J connectivity index is 2.27. The third kappa shape index (κ3) is 6.88. The molecule has 1 aromatic carbocycles. The Hall–Kier alpha value is -2.91. The topological polar surface area (TPSA) is 109 Å². The molecule has 29 heavy (non-hydrogen) atoms. The van der Waals surface area contributed by atoms with E-state index >= 15 is 0 Å². The lowest BCUT2D eigenvalue weighted by Gasteiger charge is -2.23. The van der Waals surface area contributed by atoms with Crippen LogP contribution in [0.1, 0.15) is 19.8 Å². The summed E-state index contributed by atoms with van der Waals surface area (Å²) in [4.78, 5) is 23.1. The summed E-state index contributed by atoms with van der Waals surface area (Å²) in [7, 11) is 3.21. The van der Waals surface area contributed by atoms with Crippen LogP contribution < -0.4 is 20.3 Å². The van der Waals surface area contributed by atoms with Crippen molar-refractivity contribution < 1.29 is 19.4 Å².